The molecule has 5 nitrogen and oxygen atoms in total. The van der Waals surface area contributed by atoms with Gasteiger partial charge in [0.1, 0.15) is 5.82 Å². The molecule has 0 spiro atoms. The highest BCUT2D eigenvalue weighted by atomic mass is 16.1. The summed E-state index contributed by atoms with van der Waals surface area (Å²) in [5.41, 5.74) is 11.7. The van der Waals surface area contributed by atoms with E-state index in [2.05, 4.69) is 16.8 Å². The standard InChI is InChI=1S/C12H18N4O/c1-2-8-4-3-5-16(8)11-6-9(12(14)17)10(13)7-15-11/h6-8H,2-5,13H2,1H3,(H2,14,17). The van der Waals surface area contributed by atoms with E-state index in [1.165, 1.54) is 12.6 Å². The topological polar surface area (TPSA) is 85.2 Å². The van der Waals surface area contributed by atoms with Crippen molar-refractivity contribution in [1.29, 1.82) is 0 Å². The molecular formula is C12H18N4O. The molecule has 1 aromatic rings. The molecule has 2 rings (SSSR count). The Morgan fingerprint density at radius 3 is 3.06 bits per heavy atom. The molecule has 17 heavy (non-hydrogen) atoms. The third kappa shape index (κ3) is 2.18. The summed E-state index contributed by atoms with van der Waals surface area (Å²) in [7, 11) is 0. The Morgan fingerprint density at radius 1 is 1.65 bits per heavy atom. The van der Waals surface area contributed by atoms with E-state index in [-0.39, 0.29) is 0 Å². The molecule has 1 fully saturated rings. The van der Waals surface area contributed by atoms with E-state index in [9.17, 15) is 4.79 Å². The Bertz CT molecular complexity index is 433. The van der Waals surface area contributed by atoms with Gasteiger partial charge in [0.2, 0.25) is 0 Å². The molecule has 0 saturated carbocycles. The van der Waals surface area contributed by atoms with Gasteiger partial charge >= 0.3 is 0 Å². The van der Waals surface area contributed by atoms with Gasteiger partial charge in [0.05, 0.1) is 17.4 Å². The predicted octanol–water partition coefficient (Wildman–Crippen LogP) is 1.14. The molecule has 2 heterocycles. The SMILES string of the molecule is CCC1CCCN1c1cc(C(N)=O)c(N)cn1. The van der Waals surface area contributed by atoms with Crippen LogP contribution >= 0.6 is 0 Å². The zero-order valence-corrected chi connectivity index (χ0v) is 10.0. The highest BCUT2D eigenvalue weighted by molar-refractivity contribution is 5.98. The number of primary amides is 1. The molecule has 0 aliphatic carbocycles. The van der Waals surface area contributed by atoms with E-state index < -0.39 is 5.91 Å². The third-order valence-electron chi connectivity index (χ3n) is 3.33. The van der Waals surface area contributed by atoms with Crippen LogP contribution < -0.4 is 16.4 Å². The number of aromatic nitrogens is 1. The van der Waals surface area contributed by atoms with E-state index in [0.717, 1.165) is 25.2 Å². The number of amides is 1. The molecule has 1 amide bonds. The molecule has 92 valence electrons. The van der Waals surface area contributed by atoms with Crippen molar-refractivity contribution in [2.75, 3.05) is 17.2 Å². The fourth-order valence-electron chi connectivity index (χ4n) is 2.39. The molecule has 1 aromatic heterocycles. The lowest BCUT2D eigenvalue weighted by molar-refractivity contribution is 0.100. The molecule has 1 saturated heterocycles. The number of rotatable bonds is 3. The van der Waals surface area contributed by atoms with E-state index in [1.54, 1.807) is 6.07 Å². The summed E-state index contributed by atoms with van der Waals surface area (Å²) >= 11 is 0. The van der Waals surface area contributed by atoms with E-state index in [4.69, 9.17) is 11.5 Å². The summed E-state index contributed by atoms with van der Waals surface area (Å²) in [5, 5.41) is 0. The lowest BCUT2D eigenvalue weighted by Crippen LogP contribution is -2.29. The highest BCUT2D eigenvalue weighted by Crippen LogP contribution is 2.27. The minimum atomic E-state index is -0.501. The number of anilines is 2. The van der Waals surface area contributed by atoms with Gasteiger partial charge in [-0.15, -0.1) is 0 Å². The summed E-state index contributed by atoms with van der Waals surface area (Å²) < 4.78 is 0. The predicted molar refractivity (Wildman–Crippen MR) is 67.8 cm³/mol. The normalized spacial score (nSPS) is 19.6. The van der Waals surface area contributed by atoms with Crippen molar-refractivity contribution in [2.45, 2.75) is 32.2 Å². The number of nitrogens with two attached hydrogens (primary N) is 2. The lowest BCUT2D eigenvalue weighted by atomic mass is 10.1. The van der Waals surface area contributed by atoms with Crippen LogP contribution in [0.15, 0.2) is 12.3 Å². The molecule has 0 radical (unpaired) electrons. The second-order valence-electron chi connectivity index (χ2n) is 4.39. The Kier molecular flexibility index (Phi) is 3.17. The maximum atomic E-state index is 11.2. The maximum absolute atomic E-state index is 11.2. The first-order valence-electron chi connectivity index (χ1n) is 5.95. The van der Waals surface area contributed by atoms with Crippen molar-refractivity contribution in [2.24, 2.45) is 5.73 Å². The van der Waals surface area contributed by atoms with Crippen LogP contribution in [-0.4, -0.2) is 23.5 Å². The van der Waals surface area contributed by atoms with Gasteiger partial charge in [-0.1, -0.05) is 6.92 Å². The van der Waals surface area contributed by atoms with Crippen molar-refractivity contribution in [3.63, 3.8) is 0 Å². The van der Waals surface area contributed by atoms with E-state index >= 15 is 0 Å². The third-order valence-corrected chi connectivity index (χ3v) is 3.33. The van der Waals surface area contributed by atoms with Crippen LogP contribution in [0.5, 0.6) is 0 Å². The molecule has 4 N–H and O–H groups in total. The fourth-order valence-corrected chi connectivity index (χ4v) is 2.39. The van der Waals surface area contributed by atoms with Crippen molar-refractivity contribution in [3.05, 3.63) is 17.8 Å². The number of hydrogen-bond acceptors (Lipinski definition) is 4. The zero-order chi connectivity index (χ0) is 12.4. The van der Waals surface area contributed by atoms with E-state index in [1.807, 2.05) is 0 Å². The lowest BCUT2D eigenvalue weighted by Gasteiger charge is -2.25. The van der Waals surface area contributed by atoms with Crippen LogP contribution in [0.4, 0.5) is 11.5 Å². The molecule has 1 aliphatic rings. The molecule has 1 aliphatic heterocycles. The number of carbonyl (C=O) groups excluding carboxylic acids is 1. The molecular weight excluding hydrogens is 216 g/mol. The number of pyridine rings is 1. The van der Waals surface area contributed by atoms with Crippen molar-refractivity contribution < 1.29 is 4.79 Å². The Hall–Kier alpha value is -1.78. The fraction of sp³-hybridized carbons (Fsp3) is 0.500. The summed E-state index contributed by atoms with van der Waals surface area (Å²) in [5.74, 6) is 0.302. The van der Waals surface area contributed by atoms with Crippen LogP contribution in [0.2, 0.25) is 0 Å². The summed E-state index contributed by atoms with van der Waals surface area (Å²) in [6.07, 6.45) is 4.93. The van der Waals surface area contributed by atoms with Gasteiger partial charge in [-0.3, -0.25) is 4.79 Å². The molecule has 1 unspecified atom stereocenters. The monoisotopic (exact) mass is 234 g/mol. The summed E-state index contributed by atoms with van der Waals surface area (Å²) in [6, 6.07) is 2.21. The summed E-state index contributed by atoms with van der Waals surface area (Å²) in [6.45, 7) is 3.14. The first-order chi connectivity index (χ1) is 8.13. The molecule has 0 aromatic carbocycles. The van der Waals surface area contributed by atoms with E-state index in [0.29, 0.717) is 17.3 Å². The van der Waals surface area contributed by atoms with Crippen LogP contribution in [-0.2, 0) is 0 Å². The van der Waals surface area contributed by atoms with Gasteiger partial charge in [-0.2, -0.15) is 0 Å². The van der Waals surface area contributed by atoms with Crippen molar-refractivity contribution in [3.8, 4) is 0 Å². The largest absolute Gasteiger partial charge is 0.397 e. The first kappa shape index (κ1) is 11.7. The average Bonchev–Trinajstić information content (AvgIpc) is 2.77. The Labute approximate surface area is 101 Å². The van der Waals surface area contributed by atoms with Gasteiger partial charge in [0, 0.05) is 12.6 Å². The Balaban J connectivity index is 2.33. The van der Waals surface area contributed by atoms with Gasteiger partial charge in [0.15, 0.2) is 0 Å². The molecule has 0 bridgehead atoms. The maximum Gasteiger partial charge on any atom is 0.250 e. The number of nitrogen functional groups attached to an aromatic ring is 1. The van der Waals surface area contributed by atoms with Gasteiger partial charge in [-0.25, -0.2) is 4.98 Å². The van der Waals surface area contributed by atoms with Crippen LogP contribution in [0.1, 0.15) is 36.5 Å². The summed E-state index contributed by atoms with van der Waals surface area (Å²) in [4.78, 5) is 17.8. The molecule has 1 atom stereocenters. The minimum absolute atomic E-state index is 0.341. The Morgan fingerprint density at radius 2 is 2.41 bits per heavy atom. The van der Waals surface area contributed by atoms with Crippen molar-refractivity contribution in [1.82, 2.24) is 4.98 Å². The van der Waals surface area contributed by atoms with Crippen LogP contribution in [0.3, 0.4) is 0 Å². The quantitative estimate of drug-likeness (QED) is 0.821. The number of nitrogens with zero attached hydrogens (tertiary/aromatic N) is 2. The zero-order valence-electron chi connectivity index (χ0n) is 10.0. The molecule has 5 heteroatoms. The van der Waals surface area contributed by atoms with Gasteiger partial charge < -0.3 is 16.4 Å². The first-order valence-corrected chi connectivity index (χ1v) is 5.95. The second-order valence-corrected chi connectivity index (χ2v) is 4.39. The highest BCUT2D eigenvalue weighted by Gasteiger charge is 2.24. The van der Waals surface area contributed by atoms with Crippen LogP contribution in [0, 0.1) is 0 Å². The van der Waals surface area contributed by atoms with Crippen molar-refractivity contribution >= 4 is 17.4 Å². The van der Waals surface area contributed by atoms with Crippen LogP contribution in [0.25, 0.3) is 0 Å². The average molecular weight is 234 g/mol. The van der Waals surface area contributed by atoms with Gasteiger partial charge in [0.25, 0.3) is 5.91 Å². The number of carbonyl (C=O) groups is 1. The van der Waals surface area contributed by atoms with Gasteiger partial charge in [-0.05, 0) is 25.3 Å². The minimum Gasteiger partial charge on any atom is -0.397 e. The smallest absolute Gasteiger partial charge is 0.250 e. The second kappa shape index (κ2) is 4.61. The number of hydrogen-bond donors (Lipinski definition) is 2.